The molecule has 32 heavy (non-hydrogen) atoms. The Balaban J connectivity index is 1.85. The van der Waals surface area contributed by atoms with Gasteiger partial charge in [0, 0.05) is 5.69 Å². The summed E-state index contributed by atoms with van der Waals surface area (Å²) in [6.07, 6.45) is 0. The van der Waals surface area contributed by atoms with E-state index in [4.69, 9.17) is 4.74 Å². The second-order valence-electron chi connectivity index (χ2n) is 7.58. The molecule has 168 valence electrons. The summed E-state index contributed by atoms with van der Waals surface area (Å²) in [5.74, 6) is 0.536. The predicted molar refractivity (Wildman–Crippen MR) is 128 cm³/mol. The third-order valence-electron chi connectivity index (χ3n) is 4.92. The van der Waals surface area contributed by atoms with E-state index in [2.05, 4.69) is 19.2 Å². The SMILES string of the molecule is CCOc1ccc(S(=O)(=O)N(CC(=O)Nc2ccc(C(C)C)cc2)c2ccccc2)cc1. The smallest absolute Gasteiger partial charge is 0.264 e. The van der Waals surface area contributed by atoms with Crippen molar-refractivity contribution in [2.45, 2.75) is 31.6 Å². The van der Waals surface area contributed by atoms with Crippen LogP contribution >= 0.6 is 0 Å². The summed E-state index contributed by atoms with van der Waals surface area (Å²) in [5.41, 5.74) is 2.18. The van der Waals surface area contributed by atoms with Gasteiger partial charge in [0.2, 0.25) is 5.91 Å². The summed E-state index contributed by atoms with van der Waals surface area (Å²) in [6, 6.07) is 22.3. The fraction of sp³-hybridized carbons (Fsp3) is 0.240. The molecule has 0 bridgehead atoms. The molecule has 1 amide bonds. The van der Waals surface area contributed by atoms with Gasteiger partial charge in [-0.3, -0.25) is 9.10 Å². The van der Waals surface area contributed by atoms with Crippen LogP contribution in [0.2, 0.25) is 0 Å². The number of para-hydroxylation sites is 1. The Hall–Kier alpha value is -3.32. The van der Waals surface area contributed by atoms with Crippen molar-refractivity contribution in [2.24, 2.45) is 0 Å². The highest BCUT2D eigenvalue weighted by atomic mass is 32.2. The number of carbonyl (C=O) groups excluding carboxylic acids is 1. The highest BCUT2D eigenvalue weighted by Crippen LogP contribution is 2.25. The van der Waals surface area contributed by atoms with Gasteiger partial charge in [0.05, 0.1) is 17.2 Å². The number of rotatable bonds is 9. The number of sulfonamides is 1. The molecular weight excluding hydrogens is 424 g/mol. The zero-order valence-corrected chi connectivity index (χ0v) is 19.3. The summed E-state index contributed by atoms with van der Waals surface area (Å²) in [5, 5.41) is 2.79. The quantitative estimate of drug-likeness (QED) is 0.493. The number of nitrogens with zero attached hydrogens (tertiary/aromatic N) is 1. The third kappa shape index (κ3) is 5.68. The van der Waals surface area contributed by atoms with Crippen LogP contribution in [0.3, 0.4) is 0 Å². The predicted octanol–water partition coefficient (Wildman–Crippen LogP) is 5.04. The minimum atomic E-state index is -3.97. The first-order chi connectivity index (χ1) is 15.3. The maximum atomic E-state index is 13.4. The number of hydrogen-bond donors (Lipinski definition) is 1. The van der Waals surface area contributed by atoms with Gasteiger partial charge in [0.1, 0.15) is 12.3 Å². The molecule has 0 spiro atoms. The first kappa shape index (κ1) is 23.3. The molecule has 0 aliphatic carbocycles. The summed E-state index contributed by atoms with van der Waals surface area (Å²) in [7, 11) is -3.97. The van der Waals surface area contributed by atoms with Crippen molar-refractivity contribution in [3.63, 3.8) is 0 Å². The van der Waals surface area contributed by atoms with Crippen molar-refractivity contribution in [2.75, 3.05) is 22.8 Å². The van der Waals surface area contributed by atoms with Crippen molar-refractivity contribution in [3.05, 3.63) is 84.4 Å². The highest BCUT2D eigenvalue weighted by Gasteiger charge is 2.27. The van der Waals surface area contributed by atoms with E-state index in [9.17, 15) is 13.2 Å². The highest BCUT2D eigenvalue weighted by molar-refractivity contribution is 7.92. The molecule has 3 rings (SSSR count). The zero-order valence-electron chi connectivity index (χ0n) is 18.5. The fourth-order valence-electron chi connectivity index (χ4n) is 3.19. The van der Waals surface area contributed by atoms with Crippen molar-refractivity contribution in [1.29, 1.82) is 0 Å². The van der Waals surface area contributed by atoms with E-state index in [0.29, 0.717) is 29.6 Å². The minimum absolute atomic E-state index is 0.0823. The van der Waals surface area contributed by atoms with E-state index < -0.39 is 15.9 Å². The lowest BCUT2D eigenvalue weighted by atomic mass is 10.0. The van der Waals surface area contributed by atoms with Gasteiger partial charge >= 0.3 is 0 Å². The van der Waals surface area contributed by atoms with Crippen LogP contribution in [0.25, 0.3) is 0 Å². The lowest BCUT2D eigenvalue weighted by Gasteiger charge is -2.24. The second kappa shape index (κ2) is 10.3. The molecular formula is C25H28N2O4S. The minimum Gasteiger partial charge on any atom is -0.494 e. The van der Waals surface area contributed by atoms with Gasteiger partial charge in [-0.25, -0.2) is 8.42 Å². The average Bonchev–Trinajstić information content (AvgIpc) is 2.79. The standard InChI is InChI=1S/C25H28N2O4S/c1-4-31-23-14-16-24(17-15-23)32(29,30)27(22-8-6-5-7-9-22)18-25(28)26-21-12-10-20(11-13-21)19(2)3/h5-17,19H,4,18H2,1-3H3,(H,26,28). The Bertz CT molecular complexity index is 1130. The maximum absolute atomic E-state index is 13.4. The zero-order chi connectivity index (χ0) is 23.1. The number of benzene rings is 3. The lowest BCUT2D eigenvalue weighted by molar-refractivity contribution is -0.114. The molecule has 0 atom stereocenters. The summed E-state index contributed by atoms with van der Waals surface area (Å²) in [4.78, 5) is 12.9. The maximum Gasteiger partial charge on any atom is 0.264 e. The normalized spacial score (nSPS) is 11.2. The van der Waals surface area contributed by atoms with Gasteiger partial charge in [-0.2, -0.15) is 0 Å². The second-order valence-corrected chi connectivity index (χ2v) is 9.44. The number of nitrogens with one attached hydrogen (secondary N) is 1. The summed E-state index contributed by atoms with van der Waals surface area (Å²) < 4.78 is 33.3. The molecule has 7 heteroatoms. The Kier molecular flexibility index (Phi) is 7.53. The molecule has 0 aromatic heterocycles. The Morgan fingerprint density at radius 1 is 0.938 bits per heavy atom. The van der Waals surface area contributed by atoms with E-state index in [1.165, 1.54) is 12.1 Å². The number of hydrogen-bond acceptors (Lipinski definition) is 4. The molecule has 0 radical (unpaired) electrons. The molecule has 0 unspecified atom stereocenters. The molecule has 0 aliphatic heterocycles. The van der Waals surface area contributed by atoms with Crippen LogP contribution in [0, 0.1) is 0 Å². The molecule has 3 aromatic carbocycles. The van der Waals surface area contributed by atoms with Gasteiger partial charge in [-0.15, -0.1) is 0 Å². The molecule has 3 aromatic rings. The van der Waals surface area contributed by atoms with Crippen molar-refractivity contribution < 1.29 is 17.9 Å². The Morgan fingerprint density at radius 3 is 2.12 bits per heavy atom. The van der Waals surface area contributed by atoms with Crippen molar-refractivity contribution >= 4 is 27.3 Å². The number of carbonyl (C=O) groups is 1. The Labute approximate surface area is 189 Å². The van der Waals surface area contributed by atoms with E-state index in [1.807, 2.05) is 31.2 Å². The first-order valence-corrected chi connectivity index (χ1v) is 12.0. The fourth-order valence-corrected chi connectivity index (χ4v) is 4.61. The third-order valence-corrected chi connectivity index (χ3v) is 6.70. The topological polar surface area (TPSA) is 75.7 Å². The molecule has 0 saturated heterocycles. The molecule has 0 saturated carbocycles. The molecule has 0 fully saturated rings. The molecule has 0 aliphatic rings. The number of anilines is 2. The van der Waals surface area contributed by atoms with Crippen LogP contribution in [-0.4, -0.2) is 27.5 Å². The van der Waals surface area contributed by atoms with Crippen molar-refractivity contribution in [1.82, 2.24) is 0 Å². The van der Waals surface area contributed by atoms with Crippen molar-refractivity contribution in [3.8, 4) is 5.75 Å². The van der Waals surface area contributed by atoms with Crippen LogP contribution in [0.4, 0.5) is 11.4 Å². The molecule has 6 nitrogen and oxygen atoms in total. The number of amides is 1. The monoisotopic (exact) mass is 452 g/mol. The largest absolute Gasteiger partial charge is 0.494 e. The van der Waals surface area contributed by atoms with Gasteiger partial charge < -0.3 is 10.1 Å². The van der Waals surface area contributed by atoms with E-state index in [1.54, 1.807) is 42.5 Å². The van der Waals surface area contributed by atoms with Gasteiger partial charge in [-0.05, 0) is 66.9 Å². The summed E-state index contributed by atoms with van der Waals surface area (Å²) >= 11 is 0. The van der Waals surface area contributed by atoms with Crippen LogP contribution in [0.5, 0.6) is 5.75 Å². The van der Waals surface area contributed by atoms with E-state index in [-0.39, 0.29) is 11.4 Å². The van der Waals surface area contributed by atoms with Crippen LogP contribution < -0.4 is 14.4 Å². The molecule has 1 N–H and O–H groups in total. The van der Waals surface area contributed by atoms with E-state index >= 15 is 0 Å². The average molecular weight is 453 g/mol. The first-order valence-electron chi connectivity index (χ1n) is 10.5. The lowest BCUT2D eigenvalue weighted by Crippen LogP contribution is -2.38. The number of ether oxygens (including phenoxy) is 1. The summed E-state index contributed by atoms with van der Waals surface area (Å²) in [6.45, 7) is 6.18. The van der Waals surface area contributed by atoms with Crippen LogP contribution in [0.15, 0.2) is 83.8 Å². The van der Waals surface area contributed by atoms with E-state index in [0.717, 1.165) is 9.87 Å². The van der Waals surface area contributed by atoms with Gasteiger partial charge in [0.15, 0.2) is 0 Å². The van der Waals surface area contributed by atoms with Crippen LogP contribution in [0.1, 0.15) is 32.3 Å². The molecule has 0 heterocycles. The van der Waals surface area contributed by atoms with Crippen LogP contribution in [-0.2, 0) is 14.8 Å². The van der Waals surface area contributed by atoms with Gasteiger partial charge in [0.25, 0.3) is 10.0 Å². The van der Waals surface area contributed by atoms with Gasteiger partial charge in [-0.1, -0.05) is 44.2 Å². The Morgan fingerprint density at radius 2 is 1.56 bits per heavy atom.